The normalized spacial score (nSPS) is 12.8. The number of unbranched alkanes of at least 4 members (excludes halogenated alkanes) is 1. The number of aryl methyl sites for hydroxylation is 1. The summed E-state index contributed by atoms with van der Waals surface area (Å²) < 4.78 is 23.2. The number of pyridine rings is 1. The maximum Gasteiger partial charge on any atom is 0.279 e. The highest BCUT2D eigenvalue weighted by atomic mass is 16.7. The summed E-state index contributed by atoms with van der Waals surface area (Å²) in [7, 11) is 2.91. The summed E-state index contributed by atoms with van der Waals surface area (Å²) in [5.74, 6) is 1.51. The van der Waals surface area contributed by atoms with Crippen LogP contribution >= 0.6 is 0 Å². The molecule has 0 aliphatic carbocycles. The van der Waals surface area contributed by atoms with Crippen LogP contribution in [0.2, 0.25) is 0 Å². The molecule has 0 unspecified atom stereocenters. The predicted molar refractivity (Wildman–Crippen MR) is 109 cm³/mol. The molecular weight excluding hydrogens is 390 g/mol. The van der Waals surface area contributed by atoms with Gasteiger partial charge in [-0.15, -0.1) is 10.2 Å². The van der Waals surface area contributed by atoms with E-state index < -0.39 is 0 Å². The van der Waals surface area contributed by atoms with E-state index in [-0.39, 0.29) is 29.6 Å². The third kappa shape index (κ3) is 2.60. The van der Waals surface area contributed by atoms with Crippen molar-refractivity contribution < 1.29 is 18.9 Å². The van der Waals surface area contributed by atoms with E-state index in [9.17, 15) is 4.79 Å². The van der Waals surface area contributed by atoms with Crippen molar-refractivity contribution in [3.8, 4) is 23.3 Å². The molecule has 4 heterocycles. The third-order valence-electron chi connectivity index (χ3n) is 5.13. The molecule has 30 heavy (non-hydrogen) atoms. The van der Waals surface area contributed by atoms with Crippen LogP contribution < -0.4 is 24.5 Å². The Bertz CT molecular complexity index is 1370. The van der Waals surface area contributed by atoms with Gasteiger partial charge in [0.1, 0.15) is 11.0 Å². The second-order valence-corrected chi connectivity index (χ2v) is 6.87. The van der Waals surface area contributed by atoms with Gasteiger partial charge in [0.2, 0.25) is 6.79 Å². The van der Waals surface area contributed by atoms with Crippen LogP contribution in [0.1, 0.15) is 19.8 Å². The molecule has 1 aliphatic heterocycles. The first kappa shape index (κ1) is 18.3. The van der Waals surface area contributed by atoms with E-state index in [0.29, 0.717) is 40.1 Å². The molecule has 1 aliphatic rings. The van der Waals surface area contributed by atoms with E-state index in [4.69, 9.17) is 18.9 Å². The molecule has 10 heteroatoms. The predicted octanol–water partition coefficient (Wildman–Crippen LogP) is 2.43. The summed E-state index contributed by atoms with van der Waals surface area (Å²) in [6.45, 7) is 2.72. The van der Waals surface area contributed by atoms with Gasteiger partial charge in [0.25, 0.3) is 17.3 Å². The molecule has 5 rings (SSSR count). The summed E-state index contributed by atoms with van der Waals surface area (Å²) in [5, 5.41) is 9.48. The van der Waals surface area contributed by atoms with Crippen molar-refractivity contribution in [3.63, 3.8) is 0 Å². The van der Waals surface area contributed by atoms with Crippen molar-refractivity contribution in [2.24, 2.45) is 0 Å². The van der Waals surface area contributed by atoms with Crippen LogP contribution in [-0.2, 0) is 6.54 Å². The molecule has 0 spiro atoms. The lowest BCUT2D eigenvalue weighted by molar-refractivity contribution is 0.174. The standard InChI is InChI=1S/C20H19N5O5/c1-4-5-6-25-17-10-7-12-13(30-9-29-12)8-11(10)23-24-15(17)14-16(20(25)26)22-19(28-3)18(21-14)27-2/h7-8H,4-6,9H2,1-3H3. The molecule has 0 amide bonds. The lowest BCUT2D eigenvalue weighted by Crippen LogP contribution is -2.23. The molecule has 0 saturated heterocycles. The van der Waals surface area contributed by atoms with Crippen LogP contribution in [0.5, 0.6) is 23.3 Å². The number of hydrogen-bond donors (Lipinski definition) is 0. The highest BCUT2D eigenvalue weighted by Crippen LogP contribution is 2.38. The fourth-order valence-corrected chi connectivity index (χ4v) is 3.66. The zero-order valence-electron chi connectivity index (χ0n) is 16.8. The van der Waals surface area contributed by atoms with Gasteiger partial charge in [0.15, 0.2) is 17.0 Å². The first-order chi connectivity index (χ1) is 14.7. The Labute approximate surface area is 170 Å². The summed E-state index contributed by atoms with van der Waals surface area (Å²) in [4.78, 5) is 22.3. The second-order valence-electron chi connectivity index (χ2n) is 6.87. The molecule has 0 atom stereocenters. The summed E-state index contributed by atoms with van der Waals surface area (Å²) in [6, 6.07) is 3.60. The van der Waals surface area contributed by atoms with E-state index in [2.05, 4.69) is 27.1 Å². The molecule has 154 valence electrons. The lowest BCUT2D eigenvalue weighted by atomic mass is 10.1. The van der Waals surface area contributed by atoms with Crippen molar-refractivity contribution in [1.82, 2.24) is 24.7 Å². The van der Waals surface area contributed by atoms with Gasteiger partial charge >= 0.3 is 0 Å². The molecule has 0 N–H and O–H groups in total. The maximum absolute atomic E-state index is 13.5. The van der Waals surface area contributed by atoms with Crippen molar-refractivity contribution in [3.05, 3.63) is 22.5 Å². The average Bonchev–Trinajstić information content (AvgIpc) is 3.23. The minimum atomic E-state index is -0.272. The van der Waals surface area contributed by atoms with Gasteiger partial charge in [-0.05, 0) is 12.5 Å². The van der Waals surface area contributed by atoms with Gasteiger partial charge in [-0.2, -0.15) is 0 Å². The zero-order chi connectivity index (χ0) is 20.8. The minimum absolute atomic E-state index is 0.139. The Morgan fingerprint density at radius 1 is 1.00 bits per heavy atom. The molecule has 1 aromatic carbocycles. The summed E-state index contributed by atoms with van der Waals surface area (Å²) in [6.07, 6.45) is 1.74. The zero-order valence-corrected chi connectivity index (χ0v) is 16.8. The van der Waals surface area contributed by atoms with Crippen LogP contribution in [0.4, 0.5) is 0 Å². The van der Waals surface area contributed by atoms with Gasteiger partial charge in [-0.25, -0.2) is 9.97 Å². The Kier molecular flexibility index (Phi) is 4.27. The lowest BCUT2D eigenvalue weighted by Gasteiger charge is -2.14. The topological polar surface area (TPSA) is 110 Å². The van der Waals surface area contributed by atoms with Crippen LogP contribution in [0.25, 0.3) is 33.0 Å². The SMILES string of the molecule is CCCCn1c(=O)c2nc(OC)c(OC)nc2c2nnc3cc4c(cc3c21)OCO4. The van der Waals surface area contributed by atoms with Crippen molar-refractivity contribution in [2.45, 2.75) is 26.3 Å². The van der Waals surface area contributed by atoms with Gasteiger partial charge in [-0.3, -0.25) is 4.79 Å². The highest BCUT2D eigenvalue weighted by Gasteiger charge is 2.23. The van der Waals surface area contributed by atoms with Crippen molar-refractivity contribution in [2.75, 3.05) is 21.0 Å². The Morgan fingerprint density at radius 3 is 2.40 bits per heavy atom. The van der Waals surface area contributed by atoms with Crippen molar-refractivity contribution in [1.29, 1.82) is 0 Å². The van der Waals surface area contributed by atoms with E-state index in [1.165, 1.54) is 14.2 Å². The fraction of sp³-hybridized carbons (Fsp3) is 0.350. The molecular formula is C20H19N5O5. The highest BCUT2D eigenvalue weighted by molar-refractivity contribution is 6.10. The fourth-order valence-electron chi connectivity index (χ4n) is 3.66. The Morgan fingerprint density at radius 2 is 1.70 bits per heavy atom. The van der Waals surface area contributed by atoms with E-state index >= 15 is 0 Å². The average molecular weight is 409 g/mol. The number of benzene rings is 1. The minimum Gasteiger partial charge on any atom is -0.477 e. The second kappa shape index (κ2) is 6.97. The molecule has 0 saturated carbocycles. The maximum atomic E-state index is 13.5. The molecule has 0 fully saturated rings. The van der Waals surface area contributed by atoms with Gasteiger partial charge < -0.3 is 23.5 Å². The van der Waals surface area contributed by atoms with Crippen LogP contribution in [0.15, 0.2) is 16.9 Å². The molecule has 0 radical (unpaired) electrons. The van der Waals surface area contributed by atoms with E-state index in [1.807, 2.05) is 6.07 Å². The third-order valence-corrected chi connectivity index (χ3v) is 5.13. The molecule has 10 nitrogen and oxygen atoms in total. The number of fused-ring (bicyclic) bond motifs is 6. The first-order valence-corrected chi connectivity index (χ1v) is 9.58. The molecule has 0 bridgehead atoms. The molecule has 4 aromatic rings. The smallest absolute Gasteiger partial charge is 0.279 e. The van der Waals surface area contributed by atoms with Gasteiger partial charge in [0, 0.05) is 18.0 Å². The van der Waals surface area contributed by atoms with Gasteiger partial charge in [0.05, 0.1) is 25.3 Å². The number of ether oxygens (including phenoxy) is 4. The number of hydrogen-bond acceptors (Lipinski definition) is 9. The number of rotatable bonds is 5. The number of nitrogens with zero attached hydrogens (tertiary/aromatic N) is 5. The summed E-state index contributed by atoms with van der Waals surface area (Å²) in [5.41, 5.74) is 1.89. The van der Waals surface area contributed by atoms with E-state index in [1.54, 1.807) is 10.6 Å². The van der Waals surface area contributed by atoms with Crippen LogP contribution in [0.3, 0.4) is 0 Å². The monoisotopic (exact) mass is 409 g/mol. The van der Waals surface area contributed by atoms with Gasteiger partial charge in [-0.1, -0.05) is 13.3 Å². The van der Waals surface area contributed by atoms with Crippen molar-refractivity contribution >= 4 is 33.0 Å². The number of aromatic nitrogens is 5. The molecule has 3 aromatic heterocycles. The quantitative estimate of drug-likeness (QED) is 0.459. The first-order valence-electron chi connectivity index (χ1n) is 9.58. The summed E-state index contributed by atoms with van der Waals surface area (Å²) >= 11 is 0. The Hall–Kier alpha value is -3.69. The van der Waals surface area contributed by atoms with Crippen LogP contribution in [-0.4, -0.2) is 45.7 Å². The Balaban J connectivity index is 1.96. The largest absolute Gasteiger partial charge is 0.477 e. The van der Waals surface area contributed by atoms with E-state index in [0.717, 1.165) is 18.2 Å². The van der Waals surface area contributed by atoms with Crippen LogP contribution in [0, 0.1) is 0 Å². The number of methoxy groups -OCH3 is 2.